The van der Waals surface area contributed by atoms with Gasteiger partial charge in [0, 0.05) is 12.3 Å². The maximum atomic E-state index is 4.64. The van der Waals surface area contributed by atoms with Gasteiger partial charge in [-0.3, -0.25) is 5.10 Å². The first-order valence-corrected chi connectivity index (χ1v) is 7.74. The van der Waals surface area contributed by atoms with E-state index in [1.165, 1.54) is 44.9 Å². The lowest BCUT2D eigenvalue weighted by atomic mass is 9.79. The van der Waals surface area contributed by atoms with Crippen LogP contribution in [0, 0.1) is 5.92 Å². The van der Waals surface area contributed by atoms with Gasteiger partial charge in [-0.05, 0) is 38.0 Å². The summed E-state index contributed by atoms with van der Waals surface area (Å²) in [5.74, 6) is 3.73. The molecule has 18 heavy (non-hydrogen) atoms. The molecule has 1 aromatic rings. The van der Waals surface area contributed by atoms with Gasteiger partial charge in [-0.15, -0.1) is 0 Å². The molecule has 1 fully saturated rings. The average molecular weight is 249 g/mol. The highest BCUT2D eigenvalue weighted by atomic mass is 15.2. The first kappa shape index (κ1) is 13.6. The molecule has 3 heteroatoms. The van der Waals surface area contributed by atoms with Gasteiger partial charge in [0.1, 0.15) is 5.82 Å². The number of aryl methyl sites for hydroxylation is 1. The molecular formula is C15H27N3. The van der Waals surface area contributed by atoms with Gasteiger partial charge in [-0.1, -0.05) is 33.1 Å². The molecule has 1 aliphatic rings. The normalized spacial score (nSPS) is 24.3. The van der Waals surface area contributed by atoms with Gasteiger partial charge in [-0.2, -0.15) is 5.10 Å². The van der Waals surface area contributed by atoms with Crippen molar-refractivity contribution >= 4 is 0 Å². The molecule has 0 aromatic carbocycles. The number of hydrogen-bond donors (Lipinski definition) is 1. The molecule has 0 amide bonds. The third kappa shape index (κ3) is 3.56. The minimum Gasteiger partial charge on any atom is -0.263 e. The molecule has 102 valence electrons. The van der Waals surface area contributed by atoms with Gasteiger partial charge in [-0.25, -0.2) is 4.98 Å². The first-order valence-electron chi connectivity index (χ1n) is 7.74. The fourth-order valence-electron chi connectivity index (χ4n) is 3.04. The number of aromatic amines is 1. The van der Waals surface area contributed by atoms with Gasteiger partial charge in [0.25, 0.3) is 0 Å². The molecule has 1 saturated carbocycles. The molecule has 0 saturated heterocycles. The zero-order valence-electron chi connectivity index (χ0n) is 11.9. The molecule has 2 rings (SSSR count). The molecular weight excluding hydrogens is 222 g/mol. The fraction of sp³-hybridized carbons (Fsp3) is 0.867. The smallest absolute Gasteiger partial charge is 0.153 e. The SMILES string of the molecule is CCCCC1CCC(c2n[nH]c(CCC)n2)CC1. The number of aromatic nitrogens is 3. The van der Waals surface area contributed by atoms with Crippen LogP contribution in [-0.2, 0) is 6.42 Å². The monoisotopic (exact) mass is 249 g/mol. The Bertz CT molecular complexity index is 337. The molecule has 0 spiro atoms. The minimum absolute atomic E-state index is 0.615. The number of rotatable bonds is 6. The number of nitrogens with one attached hydrogen (secondary N) is 1. The van der Waals surface area contributed by atoms with E-state index >= 15 is 0 Å². The summed E-state index contributed by atoms with van der Waals surface area (Å²) in [5, 5.41) is 7.50. The van der Waals surface area contributed by atoms with Crippen molar-refractivity contribution in [3.05, 3.63) is 11.6 Å². The lowest BCUT2D eigenvalue weighted by Gasteiger charge is -2.26. The highest BCUT2D eigenvalue weighted by Gasteiger charge is 2.24. The van der Waals surface area contributed by atoms with Crippen molar-refractivity contribution in [3.63, 3.8) is 0 Å². The quantitative estimate of drug-likeness (QED) is 0.820. The minimum atomic E-state index is 0.615. The fourth-order valence-corrected chi connectivity index (χ4v) is 3.04. The Morgan fingerprint density at radius 1 is 1.11 bits per heavy atom. The highest BCUT2D eigenvalue weighted by Crippen LogP contribution is 2.36. The Hall–Kier alpha value is -0.860. The zero-order chi connectivity index (χ0) is 12.8. The van der Waals surface area contributed by atoms with Crippen molar-refractivity contribution in [2.45, 2.75) is 77.6 Å². The summed E-state index contributed by atoms with van der Waals surface area (Å²) in [7, 11) is 0. The molecule has 1 N–H and O–H groups in total. The third-order valence-corrected chi connectivity index (χ3v) is 4.21. The lowest BCUT2D eigenvalue weighted by Crippen LogP contribution is -2.14. The number of H-pyrrole nitrogens is 1. The van der Waals surface area contributed by atoms with Gasteiger partial charge in [0.2, 0.25) is 0 Å². The van der Waals surface area contributed by atoms with E-state index in [2.05, 4.69) is 29.0 Å². The Balaban J connectivity index is 1.81. The predicted octanol–water partition coefficient (Wildman–Crippen LogP) is 4.22. The molecule has 1 aliphatic carbocycles. The topological polar surface area (TPSA) is 41.6 Å². The van der Waals surface area contributed by atoms with E-state index in [-0.39, 0.29) is 0 Å². The largest absolute Gasteiger partial charge is 0.263 e. The second kappa shape index (κ2) is 6.91. The Morgan fingerprint density at radius 3 is 2.56 bits per heavy atom. The van der Waals surface area contributed by atoms with Crippen LogP contribution in [0.3, 0.4) is 0 Å². The van der Waals surface area contributed by atoms with Crippen LogP contribution in [0.15, 0.2) is 0 Å². The highest BCUT2D eigenvalue weighted by molar-refractivity contribution is 4.99. The average Bonchev–Trinajstić information content (AvgIpc) is 2.86. The molecule has 1 heterocycles. The van der Waals surface area contributed by atoms with Crippen LogP contribution in [-0.4, -0.2) is 15.2 Å². The van der Waals surface area contributed by atoms with Crippen molar-refractivity contribution in [1.82, 2.24) is 15.2 Å². The van der Waals surface area contributed by atoms with Gasteiger partial charge in [0.05, 0.1) is 0 Å². The Labute approximate surface area is 111 Å². The molecule has 0 unspecified atom stereocenters. The van der Waals surface area contributed by atoms with Crippen LogP contribution in [0.2, 0.25) is 0 Å². The number of unbranched alkanes of at least 4 members (excludes halogenated alkanes) is 1. The second-order valence-corrected chi connectivity index (χ2v) is 5.75. The standard InChI is InChI=1S/C15H27N3/c1-3-5-7-12-8-10-13(11-9-12)15-16-14(6-4-2)17-18-15/h12-13H,3-11H2,1-2H3,(H,16,17,18). The van der Waals surface area contributed by atoms with Crippen LogP contribution in [0.4, 0.5) is 0 Å². The van der Waals surface area contributed by atoms with Gasteiger partial charge < -0.3 is 0 Å². The van der Waals surface area contributed by atoms with Crippen LogP contribution in [0.1, 0.15) is 82.8 Å². The number of nitrogens with zero attached hydrogens (tertiary/aromatic N) is 2. The summed E-state index contributed by atoms with van der Waals surface area (Å²) in [6.45, 7) is 4.47. The van der Waals surface area contributed by atoms with Crippen LogP contribution in [0.25, 0.3) is 0 Å². The van der Waals surface area contributed by atoms with E-state index in [1.54, 1.807) is 0 Å². The molecule has 0 aliphatic heterocycles. The molecule has 0 bridgehead atoms. The van der Waals surface area contributed by atoms with Crippen molar-refractivity contribution in [3.8, 4) is 0 Å². The molecule has 0 radical (unpaired) electrons. The van der Waals surface area contributed by atoms with E-state index in [0.29, 0.717) is 5.92 Å². The molecule has 0 atom stereocenters. The number of hydrogen-bond acceptors (Lipinski definition) is 2. The van der Waals surface area contributed by atoms with E-state index in [0.717, 1.165) is 30.4 Å². The summed E-state index contributed by atoms with van der Waals surface area (Å²) in [6, 6.07) is 0. The maximum absolute atomic E-state index is 4.64. The summed E-state index contributed by atoms with van der Waals surface area (Å²) >= 11 is 0. The van der Waals surface area contributed by atoms with E-state index in [4.69, 9.17) is 0 Å². The Morgan fingerprint density at radius 2 is 1.89 bits per heavy atom. The van der Waals surface area contributed by atoms with Crippen molar-refractivity contribution in [1.29, 1.82) is 0 Å². The van der Waals surface area contributed by atoms with Crippen LogP contribution < -0.4 is 0 Å². The molecule has 1 aromatic heterocycles. The van der Waals surface area contributed by atoms with Crippen molar-refractivity contribution < 1.29 is 0 Å². The lowest BCUT2D eigenvalue weighted by molar-refractivity contribution is 0.299. The van der Waals surface area contributed by atoms with Crippen molar-refractivity contribution in [2.75, 3.05) is 0 Å². The van der Waals surface area contributed by atoms with Crippen LogP contribution >= 0.6 is 0 Å². The predicted molar refractivity (Wildman–Crippen MR) is 74.6 cm³/mol. The van der Waals surface area contributed by atoms with Gasteiger partial charge in [0.15, 0.2) is 5.82 Å². The molecule has 3 nitrogen and oxygen atoms in total. The second-order valence-electron chi connectivity index (χ2n) is 5.75. The summed E-state index contributed by atoms with van der Waals surface area (Å²) in [6.07, 6.45) is 11.7. The van der Waals surface area contributed by atoms with E-state index < -0.39 is 0 Å². The van der Waals surface area contributed by atoms with Crippen molar-refractivity contribution in [2.24, 2.45) is 5.92 Å². The summed E-state index contributed by atoms with van der Waals surface area (Å²) in [5.41, 5.74) is 0. The Kier molecular flexibility index (Phi) is 5.21. The van der Waals surface area contributed by atoms with Crippen LogP contribution in [0.5, 0.6) is 0 Å². The maximum Gasteiger partial charge on any atom is 0.153 e. The van der Waals surface area contributed by atoms with E-state index in [9.17, 15) is 0 Å². The zero-order valence-corrected chi connectivity index (χ0v) is 11.9. The summed E-state index contributed by atoms with van der Waals surface area (Å²) in [4.78, 5) is 4.64. The van der Waals surface area contributed by atoms with Gasteiger partial charge >= 0.3 is 0 Å². The summed E-state index contributed by atoms with van der Waals surface area (Å²) < 4.78 is 0. The van der Waals surface area contributed by atoms with E-state index in [1.807, 2.05) is 0 Å². The first-order chi connectivity index (χ1) is 8.83. The third-order valence-electron chi connectivity index (χ3n) is 4.21.